The van der Waals surface area contributed by atoms with Crippen LogP contribution < -0.4 is 4.74 Å². The smallest absolute Gasteiger partial charge is 0.243 e. The second kappa shape index (κ2) is 6.02. The molecule has 0 aliphatic carbocycles. The Morgan fingerprint density at radius 3 is 2.50 bits per heavy atom. The van der Waals surface area contributed by atoms with E-state index < -0.39 is 4.92 Å². The van der Waals surface area contributed by atoms with Gasteiger partial charge in [-0.2, -0.15) is 0 Å². The van der Waals surface area contributed by atoms with E-state index in [1.165, 1.54) is 13.0 Å². The summed E-state index contributed by atoms with van der Waals surface area (Å²) in [6.45, 7) is 3.48. The van der Waals surface area contributed by atoms with Gasteiger partial charge in [-0.25, -0.2) is 0 Å². The van der Waals surface area contributed by atoms with E-state index in [0.717, 1.165) is 16.9 Å². The fraction of sp³-hybridized carbons (Fsp3) is 0.125. The first-order valence-electron chi connectivity index (χ1n) is 6.22. The third kappa shape index (κ3) is 3.68. The van der Waals surface area contributed by atoms with E-state index in [1.54, 1.807) is 12.1 Å². The van der Waals surface area contributed by atoms with Gasteiger partial charge in [0.05, 0.1) is 4.92 Å². The Morgan fingerprint density at radius 2 is 1.85 bits per heavy atom. The Labute approximate surface area is 117 Å². The van der Waals surface area contributed by atoms with Crippen LogP contribution in [0.25, 0.3) is 6.08 Å². The average Bonchev–Trinajstić information content (AvgIpc) is 2.42. The van der Waals surface area contributed by atoms with E-state index >= 15 is 0 Å². The fourth-order valence-electron chi connectivity index (χ4n) is 1.70. The van der Waals surface area contributed by atoms with Gasteiger partial charge in [0, 0.05) is 13.0 Å². The molecule has 4 heteroatoms. The van der Waals surface area contributed by atoms with Gasteiger partial charge in [0.2, 0.25) is 5.70 Å². The highest BCUT2D eigenvalue weighted by Gasteiger charge is 2.03. The lowest BCUT2D eigenvalue weighted by molar-refractivity contribution is -0.422. The van der Waals surface area contributed by atoms with Crippen molar-refractivity contribution in [2.24, 2.45) is 0 Å². The van der Waals surface area contributed by atoms with Crippen LogP contribution in [0.5, 0.6) is 11.5 Å². The number of aryl methyl sites for hydroxylation is 1. The van der Waals surface area contributed by atoms with Crippen molar-refractivity contribution in [2.45, 2.75) is 13.8 Å². The summed E-state index contributed by atoms with van der Waals surface area (Å²) >= 11 is 0. The lowest BCUT2D eigenvalue weighted by atomic mass is 10.2. The maximum atomic E-state index is 10.6. The number of hydrogen-bond donors (Lipinski definition) is 0. The van der Waals surface area contributed by atoms with Gasteiger partial charge in [0.1, 0.15) is 11.5 Å². The molecular formula is C16H15NO3. The first kappa shape index (κ1) is 13.8. The highest BCUT2D eigenvalue weighted by atomic mass is 16.6. The van der Waals surface area contributed by atoms with Crippen molar-refractivity contribution in [1.29, 1.82) is 0 Å². The highest BCUT2D eigenvalue weighted by molar-refractivity contribution is 5.53. The molecule has 4 nitrogen and oxygen atoms in total. The molecule has 2 aromatic rings. The molecular weight excluding hydrogens is 254 g/mol. The largest absolute Gasteiger partial charge is 0.457 e. The molecule has 20 heavy (non-hydrogen) atoms. The number of rotatable bonds is 4. The molecule has 0 heterocycles. The van der Waals surface area contributed by atoms with Crippen LogP contribution in [-0.2, 0) is 0 Å². The standard InChI is InChI=1S/C16H15NO3/c1-12-6-8-15(9-7-12)20-16-5-3-4-14(11-16)10-13(2)17(18)19/h3-11H,1-2H3/b13-10+. The molecule has 0 unspecified atom stereocenters. The van der Waals surface area contributed by atoms with E-state index in [9.17, 15) is 10.1 Å². The Hall–Kier alpha value is -2.62. The normalized spacial score (nSPS) is 11.2. The number of allylic oxidation sites excluding steroid dienone is 1. The van der Waals surface area contributed by atoms with E-state index in [4.69, 9.17) is 4.74 Å². The monoisotopic (exact) mass is 269 g/mol. The van der Waals surface area contributed by atoms with E-state index in [1.807, 2.05) is 43.3 Å². The second-order valence-corrected chi connectivity index (χ2v) is 4.53. The number of benzene rings is 2. The van der Waals surface area contributed by atoms with E-state index in [-0.39, 0.29) is 5.70 Å². The average molecular weight is 269 g/mol. The second-order valence-electron chi connectivity index (χ2n) is 4.53. The number of hydrogen-bond acceptors (Lipinski definition) is 3. The molecule has 0 aromatic heterocycles. The maximum Gasteiger partial charge on any atom is 0.243 e. The van der Waals surface area contributed by atoms with Gasteiger partial charge in [-0.15, -0.1) is 0 Å². The van der Waals surface area contributed by atoms with Crippen LogP contribution in [0.3, 0.4) is 0 Å². The van der Waals surface area contributed by atoms with Crippen molar-refractivity contribution in [3.8, 4) is 11.5 Å². The zero-order valence-corrected chi connectivity index (χ0v) is 11.4. The molecule has 0 atom stereocenters. The number of nitrogens with zero attached hydrogens (tertiary/aromatic N) is 1. The van der Waals surface area contributed by atoms with Crippen molar-refractivity contribution < 1.29 is 9.66 Å². The van der Waals surface area contributed by atoms with Crippen molar-refractivity contribution in [1.82, 2.24) is 0 Å². The zero-order valence-electron chi connectivity index (χ0n) is 11.4. The maximum absolute atomic E-state index is 10.6. The molecule has 0 fully saturated rings. The van der Waals surface area contributed by atoms with Crippen molar-refractivity contribution >= 4 is 6.08 Å². The van der Waals surface area contributed by atoms with Crippen molar-refractivity contribution in [2.75, 3.05) is 0 Å². The minimum atomic E-state index is -0.409. The molecule has 0 amide bonds. The van der Waals surface area contributed by atoms with Crippen molar-refractivity contribution in [3.63, 3.8) is 0 Å². The zero-order chi connectivity index (χ0) is 14.5. The first-order valence-corrected chi connectivity index (χ1v) is 6.22. The molecule has 2 rings (SSSR count). The van der Waals surface area contributed by atoms with Crippen LogP contribution in [0.2, 0.25) is 0 Å². The van der Waals surface area contributed by atoms with Gasteiger partial charge in [-0.3, -0.25) is 10.1 Å². The molecule has 0 radical (unpaired) electrons. The summed E-state index contributed by atoms with van der Waals surface area (Å²) in [5.74, 6) is 1.39. The lowest BCUT2D eigenvalue weighted by Crippen LogP contribution is -1.93. The summed E-state index contributed by atoms with van der Waals surface area (Å²) < 4.78 is 5.72. The summed E-state index contributed by atoms with van der Waals surface area (Å²) in [6.07, 6.45) is 1.52. The van der Waals surface area contributed by atoms with Crippen LogP contribution in [-0.4, -0.2) is 4.92 Å². The minimum Gasteiger partial charge on any atom is -0.457 e. The molecule has 102 valence electrons. The Morgan fingerprint density at radius 1 is 1.15 bits per heavy atom. The van der Waals surface area contributed by atoms with E-state index in [2.05, 4.69) is 0 Å². The van der Waals surface area contributed by atoms with Crippen LogP contribution in [0.15, 0.2) is 54.2 Å². The summed E-state index contributed by atoms with van der Waals surface area (Å²) in [5, 5.41) is 10.6. The molecule has 0 N–H and O–H groups in total. The van der Waals surface area contributed by atoms with Gasteiger partial charge >= 0.3 is 0 Å². The third-order valence-corrected chi connectivity index (χ3v) is 2.78. The molecule has 0 aliphatic rings. The Balaban J connectivity index is 2.20. The van der Waals surface area contributed by atoms with Crippen LogP contribution in [0.4, 0.5) is 0 Å². The minimum absolute atomic E-state index is 0.0949. The van der Waals surface area contributed by atoms with Crippen molar-refractivity contribution in [3.05, 3.63) is 75.5 Å². The van der Waals surface area contributed by atoms with Gasteiger partial charge in [0.15, 0.2) is 0 Å². The number of ether oxygens (including phenoxy) is 1. The molecule has 0 aliphatic heterocycles. The predicted octanol–water partition coefficient (Wildman–Crippen LogP) is 4.42. The highest BCUT2D eigenvalue weighted by Crippen LogP contribution is 2.23. The van der Waals surface area contributed by atoms with Crippen LogP contribution in [0.1, 0.15) is 18.1 Å². The Bertz CT molecular complexity index is 645. The first-order chi connectivity index (χ1) is 9.54. The third-order valence-electron chi connectivity index (χ3n) is 2.78. The fourth-order valence-corrected chi connectivity index (χ4v) is 1.70. The molecule has 0 saturated carbocycles. The summed E-state index contributed by atoms with van der Waals surface area (Å²) in [7, 11) is 0. The molecule has 0 spiro atoms. The van der Waals surface area contributed by atoms with Gasteiger partial charge < -0.3 is 4.74 Å². The van der Waals surface area contributed by atoms with Crippen LogP contribution >= 0.6 is 0 Å². The topological polar surface area (TPSA) is 52.4 Å². The summed E-state index contributed by atoms with van der Waals surface area (Å²) in [5.41, 5.74) is 2.00. The summed E-state index contributed by atoms with van der Waals surface area (Å²) in [6, 6.07) is 14.9. The molecule has 0 bridgehead atoms. The van der Waals surface area contributed by atoms with Gasteiger partial charge in [-0.05, 0) is 36.8 Å². The van der Waals surface area contributed by atoms with Gasteiger partial charge in [0.25, 0.3) is 0 Å². The SMILES string of the molecule is C/C(=C\c1cccc(Oc2ccc(C)cc2)c1)[N+](=O)[O-]. The predicted molar refractivity (Wildman–Crippen MR) is 78.3 cm³/mol. The lowest BCUT2D eigenvalue weighted by Gasteiger charge is -2.06. The van der Waals surface area contributed by atoms with E-state index in [0.29, 0.717) is 5.75 Å². The van der Waals surface area contributed by atoms with Gasteiger partial charge in [-0.1, -0.05) is 29.8 Å². The quantitative estimate of drug-likeness (QED) is 0.609. The summed E-state index contributed by atoms with van der Waals surface area (Å²) in [4.78, 5) is 10.2. The van der Waals surface area contributed by atoms with Crippen LogP contribution in [0, 0.1) is 17.0 Å². The molecule has 0 saturated heterocycles. The Kier molecular flexibility index (Phi) is 4.15. The number of nitro groups is 1. The molecule has 2 aromatic carbocycles.